The number of carbonyl (C=O) groups is 3. The van der Waals surface area contributed by atoms with Crippen LogP contribution in [0, 0.1) is 5.82 Å². The normalized spacial score (nSPS) is 18.2. The van der Waals surface area contributed by atoms with E-state index in [1.807, 2.05) is 0 Å². The van der Waals surface area contributed by atoms with Gasteiger partial charge in [-0.25, -0.2) is 9.18 Å². The van der Waals surface area contributed by atoms with Gasteiger partial charge in [-0.05, 0) is 78.1 Å². The van der Waals surface area contributed by atoms with Crippen LogP contribution in [-0.4, -0.2) is 91.3 Å². The molecule has 10 heteroatoms. The summed E-state index contributed by atoms with van der Waals surface area (Å²) < 4.78 is 23.9. The van der Waals surface area contributed by atoms with Crippen molar-refractivity contribution < 1.29 is 28.2 Å². The van der Waals surface area contributed by atoms with Crippen molar-refractivity contribution >= 4 is 17.9 Å². The van der Waals surface area contributed by atoms with Crippen LogP contribution in [-0.2, 0) is 25.5 Å². The number of likely N-dealkylation sites (tertiary alicyclic amines) is 1. The van der Waals surface area contributed by atoms with E-state index in [1.54, 1.807) is 51.7 Å². The molecule has 0 saturated carbocycles. The maximum Gasteiger partial charge on any atom is 0.410 e. The van der Waals surface area contributed by atoms with Crippen LogP contribution in [0.1, 0.15) is 53.0 Å². The third kappa shape index (κ3) is 9.27. The van der Waals surface area contributed by atoms with Gasteiger partial charge in [0.1, 0.15) is 23.5 Å². The van der Waals surface area contributed by atoms with Gasteiger partial charge < -0.3 is 25.0 Å². The lowest BCUT2D eigenvalue weighted by Crippen LogP contribution is -2.59. The highest BCUT2D eigenvalue weighted by Gasteiger charge is 2.38. The predicted octanol–water partition coefficient (Wildman–Crippen LogP) is 2.72. The van der Waals surface area contributed by atoms with E-state index in [-0.39, 0.29) is 17.8 Å². The van der Waals surface area contributed by atoms with Gasteiger partial charge in [0.15, 0.2) is 0 Å². The van der Waals surface area contributed by atoms with Gasteiger partial charge in [-0.15, -0.1) is 0 Å². The lowest BCUT2D eigenvalue weighted by molar-refractivity contribution is -0.141. The zero-order valence-electron chi connectivity index (χ0n) is 23.2. The number of nitrogens with zero attached hydrogens (tertiary/aromatic N) is 2. The largest absolute Gasteiger partial charge is 0.444 e. The number of ether oxygens (including phenoxy) is 2. The fourth-order valence-corrected chi connectivity index (χ4v) is 4.13. The maximum atomic E-state index is 13.6. The van der Waals surface area contributed by atoms with Gasteiger partial charge in [0, 0.05) is 33.3 Å². The first-order valence-corrected chi connectivity index (χ1v) is 12.9. The van der Waals surface area contributed by atoms with E-state index < -0.39 is 35.8 Å². The Labute approximate surface area is 220 Å². The number of halogens is 1. The molecule has 37 heavy (non-hydrogen) atoms. The molecule has 1 heterocycles. The summed E-state index contributed by atoms with van der Waals surface area (Å²) in [7, 11) is 2.98. The maximum absolute atomic E-state index is 13.6. The molecule has 1 aromatic carbocycles. The molecular formula is C27H43FN4O5. The average Bonchev–Trinajstić information content (AvgIpc) is 3.31. The van der Waals surface area contributed by atoms with Crippen molar-refractivity contribution in [3.8, 4) is 0 Å². The van der Waals surface area contributed by atoms with Crippen molar-refractivity contribution in [2.24, 2.45) is 0 Å². The molecule has 4 atom stereocenters. The van der Waals surface area contributed by atoms with E-state index >= 15 is 0 Å². The first-order chi connectivity index (χ1) is 17.3. The Balaban J connectivity index is 1.97. The molecule has 0 unspecified atom stereocenters. The molecule has 1 aliphatic rings. The summed E-state index contributed by atoms with van der Waals surface area (Å²) in [6.45, 7) is 10.5. The van der Waals surface area contributed by atoms with Crippen LogP contribution in [0.3, 0.4) is 0 Å². The van der Waals surface area contributed by atoms with Crippen molar-refractivity contribution in [2.75, 3.05) is 33.8 Å². The third-order valence-electron chi connectivity index (χ3n) is 6.59. The second-order valence-electron chi connectivity index (χ2n) is 10.6. The minimum atomic E-state index is -0.896. The molecule has 0 aromatic heterocycles. The number of likely N-dealkylation sites (N-methyl/N-ethyl adjacent to an activating group) is 1. The smallest absolute Gasteiger partial charge is 0.410 e. The summed E-state index contributed by atoms with van der Waals surface area (Å²) in [5, 5.41) is 6.20. The minimum Gasteiger partial charge on any atom is -0.444 e. The number of benzene rings is 1. The predicted molar refractivity (Wildman–Crippen MR) is 140 cm³/mol. The number of nitrogens with one attached hydrogen (secondary N) is 2. The zero-order valence-corrected chi connectivity index (χ0v) is 23.2. The Bertz CT molecular complexity index is 905. The van der Waals surface area contributed by atoms with Crippen molar-refractivity contribution in [1.29, 1.82) is 0 Å². The molecule has 2 rings (SSSR count). The fraction of sp³-hybridized carbons (Fsp3) is 0.667. The molecular weight excluding hydrogens is 479 g/mol. The molecule has 1 saturated heterocycles. The van der Waals surface area contributed by atoms with E-state index in [1.165, 1.54) is 31.2 Å². The van der Waals surface area contributed by atoms with Gasteiger partial charge in [0.25, 0.3) is 0 Å². The van der Waals surface area contributed by atoms with Crippen LogP contribution in [0.5, 0.6) is 0 Å². The third-order valence-corrected chi connectivity index (χ3v) is 6.59. The Kier molecular flexibility index (Phi) is 11.3. The summed E-state index contributed by atoms with van der Waals surface area (Å²) in [5.74, 6) is -0.934. The Morgan fingerprint density at radius 3 is 2.43 bits per heavy atom. The molecule has 3 amide bonds. The highest BCUT2D eigenvalue weighted by atomic mass is 19.1. The molecule has 0 radical (unpaired) electrons. The van der Waals surface area contributed by atoms with E-state index in [0.29, 0.717) is 19.6 Å². The summed E-state index contributed by atoms with van der Waals surface area (Å²) in [6.07, 6.45) is 1.29. The molecule has 9 nitrogen and oxygen atoms in total. The van der Waals surface area contributed by atoms with Gasteiger partial charge >= 0.3 is 6.09 Å². The molecule has 0 spiro atoms. The van der Waals surface area contributed by atoms with E-state index in [2.05, 4.69) is 10.6 Å². The second-order valence-corrected chi connectivity index (χ2v) is 10.6. The SMILES string of the molecule is CO[C@H](C)[C@H](NC(=O)[C@H](C)N(C)C(=O)OC(C)(C)C)C(=O)N1CCC[C@H]1CNCCc1ccc(F)cc1. The van der Waals surface area contributed by atoms with Gasteiger partial charge in [-0.1, -0.05) is 12.1 Å². The number of amides is 3. The second kappa shape index (κ2) is 13.7. The van der Waals surface area contributed by atoms with Crippen LogP contribution < -0.4 is 10.6 Å². The topological polar surface area (TPSA) is 100 Å². The number of rotatable bonds is 11. The molecule has 0 bridgehead atoms. The van der Waals surface area contributed by atoms with E-state index in [0.717, 1.165) is 24.8 Å². The van der Waals surface area contributed by atoms with Crippen LogP contribution in [0.4, 0.5) is 9.18 Å². The average molecular weight is 523 g/mol. The Hall–Kier alpha value is -2.72. The quantitative estimate of drug-likeness (QED) is 0.434. The lowest BCUT2D eigenvalue weighted by atomic mass is 10.1. The Morgan fingerprint density at radius 2 is 1.84 bits per heavy atom. The number of carbonyl (C=O) groups excluding carboxylic acids is 3. The zero-order chi connectivity index (χ0) is 27.8. The number of hydrogen-bond acceptors (Lipinski definition) is 6. The molecule has 1 fully saturated rings. The summed E-state index contributed by atoms with van der Waals surface area (Å²) >= 11 is 0. The van der Waals surface area contributed by atoms with Crippen molar-refractivity contribution in [3.05, 3.63) is 35.6 Å². The monoisotopic (exact) mass is 522 g/mol. The number of hydrogen-bond donors (Lipinski definition) is 2. The molecule has 2 N–H and O–H groups in total. The summed E-state index contributed by atoms with van der Waals surface area (Å²) in [6, 6.07) is 4.68. The molecule has 208 valence electrons. The minimum absolute atomic E-state index is 0.00830. The Morgan fingerprint density at radius 1 is 1.19 bits per heavy atom. The van der Waals surface area contributed by atoms with Gasteiger partial charge in [0.05, 0.1) is 6.10 Å². The highest BCUT2D eigenvalue weighted by molar-refractivity contribution is 5.91. The van der Waals surface area contributed by atoms with Crippen LogP contribution in [0.2, 0.25) is 0 Å². The number of methoxy groups -OCH3 is 1. The van der Waals surface area contributed by atoms with Gasteiger partial charge in [-0.2, -0.15) is 0 Å². The fourth-order valence-electron chi connectivity index (χ4n) is 4.13. The van der Waals surface area contributed by atoms with Crippen LogP contribution >= 0.6 is 0 Å². The van der Waals surface area contributed by atoms with Crippen molar-refractivity contribution in [3.63, 3.8) is 0 Å². The van der Waals surface area contributed by atoms with Crippen molar-refractivity contribution in [2.45, 2.75) is 83.7 Å². The van der Waals surface area contributed by atoms with Gasteiger partial charge in [0.2, 0.25) is 11.8 Å². The van der Waals surface area contributed by atoms with Crippen LogP contribution in [0.25, 0.3) is 0 Å². The van der Waals surface area contributed by atoms with Crippen LogP contribution in [0.15, 0.2) is 24.3 Å². The molecule has 1 aromatic rings. The van der Waals surface area contributed by atoms with Gasteiger partial charge in [-0.3, -0.25) is 14.5 Å². The standard InChI is InChI=1S/C27H43FN4O5/c1-18(31(6)26(35)37-27(3,4)5)24(33)30-23(19(2)36-7)25(34)32-16-8-9-22(32)17-29-15-14-20-10-12-21(28)13-11-20/h10-13,18-19,22-23,29H,8-9,14-17H2,1-7H3,(H,30,33)/t18-,19+,22-,23-/m0/s1. The first-order valence-electron chi connectivity index (χ1n) is 12.9. The first kappa shape index (κ1) is 30.5. The van der Waals surface area contributed by atoms with Crippen molar-refractivity contribution in [1.82, 2.24) is 20.4 Å². The molecule has 1 aliphatic heterocycles. The highest BCUT2D eigenvalue weighted by Crippen LogP contribution is 2.19. The summed E-state index contributed by atoms with van der Waals surface area (Å²) in [5.41, 5.74) is 0.345. The van der Waals surface area contributed by atoms with E-state index in [4.69, 9.17) is 9.47 Å². The summed E-state index contributed by atoms with van der Waals surface area (Å²) in [4.78, 5) is 42.0. The lowest BCUT2D eigenvalue weighted by Gasteiger charge is -2.33. The van der Waals surface area contributed by atoms with E-state index in [9.17, 15) is 18.8 Å². The molecule has 0 aliphatic carbocycles.